The monoisotopic (exact) mass is 384 g/mol. The predicted molar refractivity (Wildman–Crippen MR) is 101 cm³/mol. The average Bonchev–Trinajstić information content (AvgIpc) is 3.44. The van der Waals surface area contributed by atoms with Gasteiger partial charge >= 0.3 is 0 Å². The average molecular weight is 384 g/mol. The van der Waals surface area contributed by atoms with E-state index in [9.17, 15) is 9.59 Å². The Labute approximate surface area is 163 Å². The zero-order valence-corrected chi connectivity index (χ0v) is 15.9. The Kier molecular flexibility index (Phi) is 5.13. The minimum absolute atomic E-state index is 0.176. The van der Waals surface area contributed by atoms with E-state index in [0.29, 0.717) is 29.6 Å². The molecule has 0 radical (unpaired) electrons. The van der Waals surface area contributed by atoms with Crippen molar-refractivity contribution in [3.05, 3.63) is 41.5 Å². The maximum atomic E-state index is 12.9. The van der Waals surface area contributed by atoms with Crippen molar-refractivity contribution < 1.29 is 18.8 Å². The number of anilines is 1. The summed E-state index contributed by atoms with van der Waals surface area (Å²) in [5, 5.41) is 9.99. The number of ether oxygens (including phenoxy) is 1. The van der Waals surface area contributed by atoms with E-state index in [4.69, 9.17) is 9.26 Å². The molecular weight excluding hydrogens is 360 g/mol. The third-order valence-electron chi connectivity index (χ3n) is 5.38. The molecule has 2 aromatic rings. The van der Waals surface area contributed by atoms with Crippen LogP contribution >= 0.6 is 0 Å². The molecule has 1 unspecified atom stereocenters. The summed E-state index contributed by atoms with van der Waals surface area (Å²) in [6.07, 6.45) is 4.72. The van der Waals surface area contributed by atoms with E-state index in [-0.39, 0.29) is 11.8 Å². The summed E-state index contributed by atoms with van der Waals surface area (Å²) in [6, 6.07) is 6.91. The van der Waals surface area contributed by atoms with Crippen LogP contribution in [0.2, 0.25) is 0 Å². The Bertz CT molecular complexity index is 867. The number of nitrogens with zero attached hydrogens (tertiary/aromatic N) is 2. The molecule has 1 atom stereocenters. The Morgan fingerprint density at radius 1 is 1.21 bits per heavy atom. The van der Waals surface area contributed by atoms with E-state index < -0.39 is 11.6 Å². The van der Waals surface area contributed by atoms with E-state index in [1.165, 1.54) is 0 Å². The number of aromatic nitrogens is 2. The van der Waals surface area contributed by atoms with Crippen LogP contribution in [0.5, 0.6) is 0 Å². The third kappa shape index (κ3) is 3.77. The highest BCUT2D eigenvalue weighted by molar-refractivity contribution is 5.98. The Morgan fingerprint density at radius 3 is 2.71 bits per heavy atom. The summed E-state index contributed by atoms with van der Waals surface area (Å²) in [7, 11) is 0. The molecule has 0 bridgehead atoms. The fourth-order valence-corrected chi connectivity index (χ4v) is 3.91. The second kappa shape index (κ2) is 7.71. The van der Waals surface area contributed by atoms with Crippen molar-refractivity contribution in [2.24, 2.45) is 0 Å². The molecule has 4 rings (SSSR count). The van der Waals surface area contributed by atoms with Crippen molar-refractivity contribution in [3.8, 4) is 0 Å². The van der Waals surface area contributed by atoms with Crippen molar-refractivity contribution in [1.82, 2.24) is 15.5 Å². The minimum Gasteiger partial charge on any atom is -0.368 e. The highest BCUT2D eigenvalue weighted by Gasteiger charge is 2.41. The SMILES string of the molecule is Cc1nc(C2(NC(=O)c3cccc(NC(=O)C4CCCO4)c3)CCCC2)no1. The highest BCUT2D eigenvalue weighted by Crippen LogP contribution is 2.37. The number of amides is 2. The summed E-state index contributed by atoms with van der Waals surface area (Å²) in [5.41, 5.74) is 0.437. The smallest absolute Gasteiger partial charge is 0.253 e. The van der Waals surface area contributed by atoms with Crippen LogP contribution in [-0.4, -0.2) is 34.7 Å². The molecule has 1 aromatic heterocycles. The number of nitrogens with one attached hydrogen (secondary N) is 2. The zero-order chi connectivity index (χ0) is 19.6. The molecule has 1 aliphatic heterocycles. The summed E-state index contributed by atoms with van der Waals surface area (Å²) >= 11 is 0. The third-order valence-corrected chi connectivity index (χ3v) is 5.38. The van der Waals surface area contributed by atoms with Gasteiger partial charge in [0, 0.05) is 24.8 Å². The molecule has 2 N–H and O–H groups in total. The molecule has 2 fully saturated rings. The van der Waals surface area contributed by atoms with Gasteiger partial charge in [-0.2, -0.15) is 4.98 Å². The van der Waals surface area contributed by atoms with Gasteiger partial charge in [0.25, 0.3) is 11.8 Å². The first-order valence-electron chi connectivity index (χ1n) is 9.72. The van der Waals surface area contributed by atoms with Gasteiger partial charge in [-0.3, -0.25) is 9.59 Å². The molecule has 8 nitrogen and oxygen atoms in total. The van der Waals surface area contributed by atoms with E-state index in [2.05, 4.69) is 20.8 Å². The number of benzene rings is 1. The Morgan fingerprint density at radius 2 is 2.04 bits per heavy atom. The molecule has 148 valence electrons. The fraction of sp³-hybridized carbons (Fsp3) is 0.500. The van der Waals surface area contributed by atoms with Crippen LogP contribution in [0.1, 0.15) is 60.6 Å². The number of carbonyl (C=O) groups excluding carboxylic acids is 2. The molecule has 1 saturated carbocycles. The van der Waals surface area contributed by atoms with Crippen molar-refractivity contribution in [2.45, 2.75) is 57.1 Å². The molecule has 0 spiro atoms. The maximum Gasteiger partial charge on any atom is 0.253 e. The zero-order valence-electron chi connectivity index (χ0n) is 15.9. The first-order chi connectivity index (χ1) is 13.6. The standard InChI is InChI=1S/C20H24N4O4/c1-13-21-19(24-28-13)20(9-2-3-10-20)23-17(25)14-6-4-7-15(12-14)22-18(26)16-8-5-11-27-16/h4,6-7,12,16H,2-3,5,8-11H2,1H3,(H,22,26)(H,23,25). The number of rotatable bonds is 5. The second-order valence-corrected chi connectivity index (χ2v) is 7.45. The molecule has 1 aromatic carbocycles. The van der Waals surface area contributed by atoms with E-state index in [1.54, 1.807) is 31.2 Å². The molecule has 1 aliphatic carbocycles. The first kappa shape index (κ1) is 18.6. The Balaban J connectivity index is 1.49. The second-order valence-electron chi connectivity index (χ2n) is 7.45. The van der Waals surface area contributed by atoms with Crippen LogP contribution in [0.25, 0.3) is 0 Å². The maximum absolute atomic E-state index is 12.9. The van der Waals surface area contributed by atoms with Gasteiger partial charge < -0.3 is 19.9 Å². The number of aryl methyl sites for hydroxylation is 1. The van der Waals surface area contributed by atoms with Gasteiger partial charge in [0.05, 0.1) is 0 Å². The number of hydrogen-bond donors (Lipinski definition) is 2. The van der Waals surface area contributed by atoms with Gasteiger partial charge in [-0.15, -0.1) is 0 Å². The van der Waals surface area contributed by atoms with Gasteiger partial charge in [0.1, 0.15) is 11.6 Å². The lowest BCUT2D eigenvalue weighted by atomic mass is 9.95. The quantitative estimate of drug-likeness (QED) is 0.821. The van der Waals surface area contributed by atoms with E-state index in [0.717, 1.165) is 38.5 Å². The van der Waals surface area contributed by atoms with Crippen LogP contribution in [0, 0.1) is 6.92 Å². The first-order valence-corrected chi connectivity index (χ1v) is 9.72. The predicted octanol–water partition coefficient (Wildman–Crippen LogP) is 2.69. The largest absolute Gasteiger partial charge is 0.368 e. The van der Waals surface area contributed by atoms with Gasteiger partial charge in [-0.25, -0.2) is 0 Å². The number of hydrogen-bond acceptors (Lipinski definition) is 6. The summed E-state index contributed by atoms with van der Waals surface area (Å²) in [6.45, 7) is 2.35. The fourth-order valence-electron chi connectivity index (χ4n) is 3.91. The van der Waals surface area contributed by atoms with Gasteiger partial charge in [0.15, 0.2) is 5.82 Å². The molecule has 2 aliphatic rings. The van der Waals surface area contributed by atoms with Crippen LogP contribution in [-0.2, 0) is 15.1 Å². The molecular formula is C20H24N4O4. The van der Waals surface area contributed by atoms with Crippen molar-refractivity contribution >= 4 is 17.5 Å². The normalized spacial score (nSPS) is 20.8. The van der Waals surface area contributed by atoms with Crippen molar-refractivity contribution in [2.75, 3.05) is 11.9 Å². The summed E-state index contributed by atoms with van der Waals surface area (Å²) < 4.78 is 10.5. The van der Waals surface area contributed by atoms with Gasteiger partial charge in [0.2, 0.25) is 5.89 Å². The topological polar surface area (TPSA) is 106 Å². The van der Waals surface area contributed by atoms with Crippen LogP contribution < -0.4 is 10.6 Å². The molecule has 28 heavy (non-hydrogen) atoms. The lowest BCUT2D eigenvalue weighted by Gasteiger charge is -2.26. The van der Waals surface area contributed by atoms with Crippen molar-refractivity contribution in [1.29, 1.82) is 0 Å². The van der Waals surface area contributed by atoms with Gasteiger partial charge in [-0.05, 0) is 43.9 Å². The summed E-state index contributed by atoms with van der Waals surface area (Å²) in [4.78, 5) is 29.5. The van der Waals surface area contributed by atoms with Crippen LogP contribution in [0.15, 0.2) is 28.8 Å². The molecule has 2 amide bonds. The molecule has 8 heteroatoms. The van der Waals surface area contributed by atoms with Crippen LogP contribution in [0.3, 0.4) is 0 Å². The highest BCUT2D eigenvalue weighted by atomic mass is 16.5. The Hall–Kier alpha value is -2.74. The molecule has 1 saturated heterocycles. The van der Waals surface area contributed by atoms with Crippen molar-refractivity contribution in [3.63, 3.8) is 0 Å². The lowest BCUT2D eigenvalue weighted by molar-refractivity contribution is -0.124. The molecule has 2 heterocycles. The van der Waals surface area contributed by atoms with Crippen LogP contribution in [0.4, 0.5) is 5.69 Å². The summed E-state index contributed by atoms with van der Waals surface area (Å²) in [5.74, 6) is 0.607. The lowest BCUT2D eigenvalue weighted by Crippen LogP contribution is -2.44. The number of carbonyl (C=O) groups is 2. The van der Waals surface area contributed by atoms with E-state index in [1.807, 2.05) is 0 Å². The minimum atomic E-state index is -0.605. The van der Waals surface area contributed by atoms with Gasteiger partial charge in [-0.1, -0.05) is 24.1 Å². The van der Waals surface area contributed by atoms with E-state index >= 15 is 0 Å².